The van der Waals surface area contributed by atoms with Gasteiger partial charge in [0.05, 0.1) is 30.5 Å². The second kappa shape index (κ2) is 8.71. The molecular formula is C25H29N3O3. The molecular weight excluding hydrogens is 390 g/mol. The molecule has 0 spiro atoms. The first-order valence-corrected chi connectivity index (χ1v) is 11.3. The topological polar surface area (TPSA) is 61.9 Å². The molecule has 6 heteroatoms. The van der Waals surface area contributed by atoms with Gasteiger partial charge in [0.25, 0.3) is 5.91 Å². The van der Waals surface area contributed by atoms with Crippen LogP contribution in [0.2, 0.25) is 0 Å². The molecule has 1 aliphatic carbocycles. The Morgan fingerprint density at radius 3 is 2.48 bits per heavy atom. The van der Waals surface area contributed by atoms with Crippen LogP contribution in [0, 0.1) is 5.92 Å². The fourth-order valence-corrected chi connectivity index (χ4v) is 4.55. The van der Waals surface area contributed by atoms with Gasteiger partial charge in [0.1, 0.15) is 0 Å². The third-order valence-electron chi connectivity index (χ3n) is 6.46. The van der Waals surface area contributed by atoms with E-state index in [0.717, 1.165) is 55.7 Å². The molecule has 5 rings (SSSR count). The van der Waals surface area contributed by atoms with Crippen LogP contribution in [0.1, 0.15) is 47.6 Å². The van der Waals surface area contributed by atoms with Gasteiger partial charge in [0.2, 0.25) is 5.91 Å². The first-order valence-electron chi connectivity index (χ1n) is 11.3. The van der Waals surface area contributed by atoms with E-state index in [1.165, 1.54) is 0 Å². The lowest BCUT2D eigenvalue weighted by molar-refractivity contribution is -0.117. The minimum atomic E-state index is -0.0943. The third kappa shape index (κ3) is 4.30. The maximum atomic E-state index is 13.8. The standard InChI is InChI=1S/C25H29N3O3/c29-24(19-8-9-19)26-20-10-11-21(22(16-20)27-12-4-5-13-27)25(30)28-14-15-31-17-23(28)18-6-2-1-3-7-18/h1-3,6-7,10-11,16,19,23H,4-5,8-9,12-15,17H2,(H,26,29). The molecule has 31 heavy (non-hydrogen) atoms. The third-order valence-corrected chi connectivity index (χ3v) is 6.46. The number of carbonyl (C=O) groups is 2. The summed E-state index contributed by atoms with van der Waals surface area (Å²) in [6, 6.07) is 15.7. The summed E-state index contributed by atoms with van der Waals surface area (Å²) < 4.78 is 5.72. The van der Waals surface area contributed by atoms with Crippen LogP contribution in [0.15, 0.2) is 48.5 Å². The Kier molecular flexibility index (Phi) is 5.64. The average Bonchev–Trinajstić information content (AvgIpc) is 3.53. The van der Waals surface area contributed by atoms with Crippen molar-refractivity contribution >= 4 is 23.2 Å². The van der Waals surface area contributed by atoms with Gasteiger partial charge in [0.15, 0.2) is 0 Å². The van der Waals surface area contributed by atoms with Crippen molar-refractivity contribution in [2.45, 2.75) is 31.7 Å². The summed E-state index contributed by atoms with van der Waals surface area (Å²) in [7, 11) is 0. The zero-order chi connectivity index (χ0) is 21.2. The SMILES string of the molecule is O=C(Nc1ccc(C(=O)N2CCOCC2c2ccccc2)c(N2CCCC2)c1)C1CC1. The van der Waals surface area contributed by atoms with Crippen molar-refractivity contribution in [2.24, 2.45) is 5.92 Å². The Labute approximate surface area is 183 Å². The van der Waals surface area contributed by atoms with Crippen LogP contribution >= 0.6 is 0 Å². The zero-order valence-electron chi connectivity index (χ0n) is 17.8. The largest absolute Gasteiger partial charge is 0.377 e. The highest BCUT2D eigenvalue weighted by molar-refractivity contribution is 6.02. The van der Waals surface area contributed by atoms with Crippen LogP contribution in [0.25, 0.3) is 0 Å². The van der Waals surface area contributed by atoms with Crippen molar-refractivity contribution in [1.82, 2.24) is 4.90 Å². The van der Waals surface area contributed by atoms with Crippen LogP contribution in [0.5, 0.6) is 0 Å². The van der Waals surface area contributed by atoms with Crippen molar-refractivity contribution in [3.05, 3.63) is 59.7 Å². The first-order chi connectivity index (χ1) is 15.2. The summed E-state index contributed by atoms with van der Waals surface area (Å²) in [4.78, 5) is 30.2. The fourth-order valence-electron chi connectivity index (χ4n) is 4.55. The molecule has 0 aromatic heterocycles. The molecule has 2 amide bonds. The van der Waals surface area contributed by atoms with E-state index in [1.807, 2.05) is 41.3 Å². The highest BCUT2D eigenvalue weighted by Gasteiger charge is 2.33. The number of ether oxygens (including phenoxy) is 1. The Morgan fingerprint density at radius 1 is 0.968 bits per heavy atom. The lowest BCUT2D eigenvalue weighted by Gasteiger charge is -2.37. The molecule has 2 heterocycles. The molecule has 2 saturated heterocycles. The zero-order valence-corrected chi connectivity index (χ0v) is 17.8. The molecule has 2 aromatic rings. The number of carbonyl (C=O) groups excluding carboxylic acids is 2. The van der Waals surface area contributed by atoms with Crippen molar-refractivity contribution in [3.63, 3.8) is 0 Å². The quantitative estimate of drug-likeness (QED) is 0.800. The summed E-state index contributed by atoms with van der Waals surface area (Å²) in [6.07, 6.45) is 4.19. The molecule has 0 radical (unpaired) electrons. The van der Waals surface area contributed by atoms with Crippen LogP contribution in [0.3, 0.4) is 0 Å². The maximum absolute atomic E-state index is 13.8. The van der Waals surface area contributed by atoms with E-state index in [0.29, 0.717) is 25.3 Å². The number of rotatable bonds is 5. The molecule has 0 bridgehead atoms. The molecule has 2 aromatic carbocycles. The van der Waals surface area contributed by atoms with Gasteiger partial charge in [-0.05, 0) is 49.4 Å². The number of morpholine rings is 1. The van der Waals surface area contributed by atoms with E-state index < -0.39 is 0 Å². The minimum Gasteiger partial charge on any atom is -0.377 e. The lowest BCUT2D eigenvalue weighted by atomic mass is 10.0. The Bertz CT molecular complexity index is 952. The summed E-state index contributed by atoms with van der Waals surface area (Å²) in [5, 5.41) is 3.04. The Morgan fingerprint density at radius 2 is 1.74 bits per heavy atom. The van der Waals surface area contributed by atoms with Crippen molar-refractivity contribution in [2.75, 3.05) is 43.1 Å². The van der Waals surface area contributed by atoms with E-state index in [-0.39, 0.29) is 23.8 Å². The Hall–Kier alpha value is -2.86. The van der Waals surface area contributed by atoms with Gasteiger partial charge in [-0.3, -0.25) is 9.59 Å². The highest BCUT2D eigenvalue weighted by Crippen LogP contribution is 2.34. The van der Waals surface area contributed by atoms with Crippen LogP contribution in [0.4, 0.5) is 11.4 Å². The number of benzene rings is 2. The average molecular weight is 420 g/mol. The number of nitrogens with zero attached hydrogens (tertiary/aromatic N) is 2. The second-order valence-corrected chi connectivity index (χ2v) is 8.69. The minimum absolute atomic E-state index is 0.0270. The van der Waals surface area contributed by atoms with Gasteiger partial charge in [-0.1, -0.05) is 30.3 Å². The van der Waals surface area contributed by atoms with E-state index in [1.54, 1.807) is 0 Å². The van der Waals surface area contributed by atoms with Crippen molar-refractivity contribution in [1.29, 1.82) is 0 Å². The van der Waals surface area contributed by atoms with Gasteiger partial charge in [-0.15, -0.1) is 0 Å². The van der Waals surface area contributed by atoms with Gasteiger partial charge >= 0.3 is 0 Å². The number of hydrogen-bond donors (Lipinski definition) is 1. The lowest BCUT2D eigenvalue weighted by Crippen LogP contribution is -2.43. The van der Waals surface area contributed by atoms with E-state index in [2.05, 4.69) is 22.3 Å². The summed E-state index contributed by atoms with van der Waals surface area (Å²) in [5.41, 5.74) is 3.49. The fraction of sp³-hybridized carbons (Fsp3) is 0.440. The molecule has 1 unspecified atom stereocenters. The summed E-state index contributed by atoms with van der Waals surface area (Å²) in [5.74, 6) is 0.263. The molecule has 6 nitrogen and oxygen atoms in total. The number of anilines is 2. The molecule has 162 valence electrons. The maximum Gasteiger partial charge on any atom is 0.256 e. The van der Waals surface area contributed by atoms with Crippen molar-refractivity contribution in [3.8, 4) is 0 Å². The Balaban J connectivity index is 1.45. The second-order valence-electron chi connectivity index (χ2n) is 8.69. The summed E-state index contributed by atoms with van der Waals surface area (Å²) in [6.45, 7) is 3.49. The van der Waals surface area contributed by atoms with E-state index in [9.17, 15) is 9.59 Å². The number of amides is 2. The van der Waals surface area contributed by atoms with Crippen molar-refractivity contribution < 1.29 is 14.3 Å². The van der Waals surface area contributed by atoms with Gasteiger partial charge in [-0.2, -0.15) is 0 Å². The highest BCUT2D eigenvalue weighted by atomic mass is 16.5. The van der Waals surface area contributed by atoms with Gasteiger partial charge < -0.3 is 19.9 Å². The molecule has 1 atom stereocenters. The van der Waals surface area contributed by atoms with E-state index >= 15 is 0 Å². The van der Waals surface area contributed by atoms with E-state index in [4.69, 9.17) is 4.74 Å². The predicted molar refractivity (Wildman–Crippen MR) is 120 cm³/mol. The molecule has 3 fully saturated rings. The van der Waals surface area contributed by atoms with Gasteiger partial charge in [0, 0.05) is 31.2 Å². The number of hydrogen-bond acceptors (Lipinski definition) is 4. The molecule has 2 aliphatic heterocycles. The predicted octanol–water partition coefficient (Wildman–Crippen LogP) is 3.85. The van der Waals surface area contributed by atoms with Crippen LogP contribution in [-0.4, -0.2) is 49.6 Å². The number of nitrogens with one attached hydrogen (secondary N) is 1. The molecule has 3 aliphatic rings. The van der Waals surface area contributed by atoms with Crippen LogP contribution in [-0.2, 0) is 9.53 Å². The smallest absolute Gasteiger partial charge is 0.256 e. The normalized spacial score (nSPS) is 21.2. The van der Waals surface area contributed by atoms with Crippen LogP contribution < -0.4 is 10.2 Å². The summed E-state index contributed by atoms with van der Waals surface area (Å²) >= 11 is 0. The van der Waals surface area contributed by atoms with Gasteiger partial charge in [-0.25, -0.2) is 0 Å². The molecule has 1 N–H and O–H groups in total. The monoisotopic (exact) mass is 419 g/mol. The molecule has 1 saturated carbocycles. The first kappa shape index (κ1) is 20.1.